The molecular weight excluding hydrogens is 316 g/mol. The van der Waals surface area contributed by atoms with Crippen LogP contribution in [0.3, 0.4) is 0 Å². The minimum Gasteiger partial charge on any atom is -0.492 e. The summed E-state index contributed by atoms with van der Waals surface area (Å²) in [6.07, 6.45) is 5.92. The van der Waals surface area contributed by atoms with E-state index in [2.05, 4.69) is 15.3 Å². The van der Waals surface area contributed by atoms with Crippen LogP contribution in [-0.4, -0.2) is 40.5 Å². The number of carbonyl (C=O) groups is 1. The lowest BCUT2D eigenvalue weighted by molar-refractivity contribution is 0.0755. The molecule has 0 radical (unpaired) electrons. The van der Waals surface area contributed by atoms with E-state index in [0.29, 0.717) is 18.1 Å². The topological polar surface area (TPSA) is 67.3 Å². The number of likely N-dealkylation sites (tertiary alicyclic amines) is 1. The lowest BCUT2D eigenvalue weighted by Gasteiger charge is -2.20. The molecule has 0 atom stereocenters. The predicted octanol–water partition coefficient (Wildman–Crippen LogP) is 3.64. The van der Waals surface area contributed by atoms with Gasteiger partial charge >= 0.3 is 0 Å². The van der Waals surface area contributed by atoms with Crippen molar-refractivity contribution in [1.82, 2.24) is 14.9 Å². The van der Waals surface area contributed by atoms with Crippen molar-refractivity contribution in [3.63, 3.8) is 0 Å². The maximum absolute atomic E-state index is 12.7. The van der Waals surface area contributed by atoms with Crippen molar-refractivity contribution in [2.75, 3.05) is 25.0 Å². The zero-order chi connectivity index (χ0) is 17.5. The number of aromatic nitrogens is 2. The molecule has 6 nitrogen and oxygen atoms in total. The molecule has 132 valence electrons. The first-order chi connectivity index (χ1) is 12.3. The Morgan fingerprint density at radius 1 is 1.16 bits per heavy atom. The number of carbonyl (C=O) groups excluding carboxylic acids is 1. The Morgan fingerprint density at radius 3 is 2.68 bits per heavy atom. The van der Waals surface area contributed by atoms with Gasteiger partial charge in [-0.15, -0.1) is 0 Å². The monoisotopic (exact) mass is 340 g/mol. The van der Waals surface area contributed by atoms with E-state index in [9.17, 15) is 4.79 Å². The first kappa shape index (κ1) is 17.2. The van der Waals surface area contributed by atoms with Gasteiger partial charge in [0.25, 0.3) is 5.91 Å². The maximum atomic E-state index is 12.7. The van der Waals surface area contributed by atoms with Gasteiger partial charge in [0.15, 0.2) is 0 Å². The van der Waals surface area contributed by atoms with Gasteiger partial charge in [-0.3, -0.25) is 4.79 Å². The summed E-state index contributed by atoms with van der Waals surface area (Å²) in [4.78, 5) is 23.0. The van der Waals surface area contributed by atoms with Crippen LogP contribution in [0.1, 0.15) is 43.1 Å². The Bertz CT molecular complexity index is 712. The molecule has 0 bridgehead atoms. The molecule has 0 unspecified atom stereocenters. The van der Waals surface area contributed by atoms with E-state index in [0.717, 1.165) is 37.4 Å². The summed E-state index contributed by atoms with van der Waals surface area (Å²) in [6.45, 7) is 4.14. The van der Waals surface area contributed by atoms with Gasteiger partial charge in [-0.1, -0.05) is 25.0 Å². The molecular formula is C19H24N4O2. The van der Waals surface area contributed by atoms with Crippen molar-refractivity contribution in [3.8, 4) is 5.75 Å². The number of nitrogens with zero attached hydrogens (tertiary/aromatic N) is 3. The second kappa shape index (κ2) is 8.46. The van der Waals surface area contributed by atoms with E-state index in [1.165, 1.54) is 19.2 Å². The quantitative estimate of drug-likeness (QED) is 0.900. The molecule has 3 rings (SSSR count). The molecule has 1 aromatic heterocycles. The standard InChI is InChI=1S/C19H24N4O2/c1-2-25-17-10-6-5-9-15(17)22-18-13-16(20-14-21-18)19(24)23-11-7-3-4-8-12-23/h5-6,9-10,13-14H,2-4,7-8,11-12H2,1H3,(H,20,21,22). The van der Waals surface area contributed by atoms with Crippen LogP contribution >= 0.6 is 0 Å². The van der Waals surface area contributed by atoms with Crippen molar-refractivity contribution in [3.05, 3.63) is 42.4 Å². The highest BCUT2D eigenvalue weighted by molar-refractivity contribution is 5.93. The van der Waals surface area contributed by atoms with Crippen molar-refractivity contribution < 1.29 is 9.53 Å². The molecule has 1 saturated heterocycles. The molecule has 25 heavy (non-hydrogen) atoms. The number of ether oxygens (including phenoxy) is 1. The second-order valence-electron chi connectivity index (χ2n) is 6.05. The third-order valence-electron chi connectivity index (χ3n) is 4.23. The Balaban J connectivity index is 1.76. The number of benzene rings is 1. The van der Waals surface area contributed by atoms with Gasteiger partial charge in [0.2, 0.25) is 0 Å². The highest BCUT2D eigenvalue weighted by Gasteiger charge is 2.19. The van der Waals surface area contributed by atoms with Crippen molar-refractivity contribution >= 4 is 17.4 Å². The molecule has 1 N–H and O–H groups in total. The molecule has 1 aliphatic rings. The van der Waals surface area contributed by atoms with Crippen molar-refractivity contribution in [1.29, 1.82) is 0 Å². The van der Waals surface area contributed by atoms with E-state index in [1.54, 1.807) is 6.07 Å². The van der Waals surface area contributed by atoms with E-state index in [1.807, 2.05) is 36.1 Å². The van der Waals surface area contributed by atoms with Crippen LogP contribution in [0.15, 0.2) is 36.7 Å². The van der Waals surface area contributed by atoms with Crippen molar-refractivity contribution in [2.45, 2.75) is 32.6 Å². The third kappa shape index (κ3) is 4.47. The van der Waals surface area contributed by atoms with Gasteiger partial charge in [0.1, 0.15) is 23.6 Å². The molecule has 1 amide bonds. The zero-order valence-corrected chi connectivity index (χ0v) is 14.6. The molecule has 1 aromatic carbocycles. The number of rotatable bonds is 5. The molecule has 6 heteroatoms. The number of hydrogen-bond acceptors (Lipinski definition) is 5. The number of anilines is 2. The van der Waals surface area contributed by atoms with Crippen LogP contribution in [0.25, 0.3) is 0 Å². The summed E-state index contributed by atoms with van der Waals surface area (Å²) < 4.78 is 5.61. The molecule has 0 saturated carbocycles. The fraction of sp³-hybridized carbons (Fsp3) is 0.421. The van der Waals surface area contributed by atoms with Crippen LogP contribution in [0.2, 0.25) is 0 Å². The van der Waals surface area contributed by atoms with E-state index in [4.69, 9.17) is 4.74 Å². The van der Waals surface area contributed by atoms with Gasteiger partial charge < -0.3 is 15.0 Å². The highest BCUT2D eigenvalue weighted by Crippen LogP contribution is 2.26. The van der Waals surface area contributed by atoms with Crippen LogP contribution in [-0.2, 0) is 0 Å². The van der Waals surface area contributed by atoms with Crippen LogP contribution < -0.4 is 10.1 Å². The first-order valence-corrected chi connectivity index (χ1v) is 8.88. The predicted molar refractivity (Wildman–Crippen MR) is 97.3 cm³/mol. The van der Waals surface area contributed by atoms with Crippen LogP contribution in [0, 0.1) is 0 Å². The minimum absolute atomic E-state index is 0.0227. The first-order valence-electron chi connectivity index (χ1n) is 8.88. The van der Waals surface area contributed by atoms with Gasteiger partial charge in [0, 0.05) is 19.2 Å². The van der Waals surface area contributed by atoms with Crippen LogP contribution in [0.5, 0.6) is 5.75 Å². The molecule has 0 spiro atoms. The highest BCUT2D eigenvalue weighted by atomic mass is 16.5. The fourth-order valence-electron chi connectivity index (χ4n) is 2.97. The summed E-state index contributed by atoms with van der Waals surface area (Å²) in [5.41, 5.74) is 1.24. The van der Waals surface area contributed by atoms with Crippen LogP contribution in [0.4, 0.5) is 11.5 Å². The fourth-order valence-corrected chi connectivity index (χ4v) is 2.97. The lowest BCUT2D eigenvalue weighted by Crippen LogP contribution is -2.32. The van der Waals surface area contributed by atoms with Gasteiger partial charge in [-0.2, -0.15) is 0 Å². The number of amides is 1. The average Bonchev–Trinajstić information content (AvgIpc) is 2.93. The van der Waals surface area contributed by atoms with Gasteiger partial charge in [0.05, 0.1) is 12.3 Å². The summed E-state index contributed by atoms with van der Waals surface area (Å²) in [5, 5.41) is 3.22. The Labute approximate surface area is 148 Å². The third-order valence-corrected chi connectivity index (χ3v) is 4.23. The normalized spacial score (nSPS) is 14.7. The Kier molecular flexibility index (Phi) is 5.82. The summed E-state index contributed by atoms with van der Waals surface area (Å²) >= 11 is 0. The number of para-hydroxylation sites is 2. The van der Waals surface area contributed by atoms with E-state index < -0.39 is 0 Å². The van der Waals surface area contributed by atoms with Gasteiger partial charge in [-0.05, 0) is 31.9 Å². The summed E-state index contributed by atoms with van der Waals surface area (Å²) in [5.74, 6) is 1.31. The molecule has 2 heterocycles. The number of hydrogen-bond donors (Lipinski definition) is 1. The second-order valence-corrected chi connectivity index (χ2v) is 6.05. The summed E-state index contributed by atoms with van der Waals surface area (Å²) in [6, 6.07) is 9.37. The molecule has 0 aliphatic carbocycles. The molecule has 1 aliphatic heterocycles. The SMILES string of the molecule is CCOc1ccccc1Nc1cc(C(=O)N2CCCCCC2)ncn1. The Hall–Kier alpha value is -2.63. The minimum atomic E-state index is -0.0227. The largest absolute Gasteiger partial charge is 0.492 e. The zero-order valence-electron chi connectivity index (χ0n) is 14.6. The van der Waals surface area contributed by atoms with E-state index in [-0.39, 0.29) is 5.91 Å². The van der Waals surface area contributed by atoms with E-state index >= 15 is 0 Å². The Morgan fingerprint density at radius 2 is 1.92 bits per heavy atom. The van der Waals surface area contributed by atoms with Crippen molar-refractivity contribution in [2.24, 2.45) is 0 Å². The smallest absolute Gasteiger partial charge is 0.272 e. The average molecular weight is 340 g/mol. The van der Waals surface area contributed by atoms with Gasteiger partial charge in [-0.25, -0.2) is 9.97 Å². The molecule has 2 aromatic rings. The summed E-state index contributed by atoms with van der Waals surface area (Å²) in [7, 11) is 0. The molecule has 1 fully saturated rings. The maximum Gasteiger partial charge on any atom is 0.272 e. The number of nitrogens with one attached hydrogen (secondary N) is 1. The lowest BCUT2D eigenvalue weighted by atomic mass is 10.2.